The second-order valence-corrected chi connectivity index (χ2v) is 3.86. The van der Waals surface area contributed by atoms with Crippen LogP contribution in [0.15, 0.2) is 42.6 Å². The van der Waals surface area contributed by atoms with Gasteiger partial charge in [0.2, 0.25) is 0 Å². The zero-order valence-corrected chi connectivity index (χ0v) is 8.71. The lowest BCUT2D eigenvalue weighted by Crippen LogP contribution is -1.83. The Balaban J connectivity index is 2.53. The number of benzene rings is 2. The molecule has 1 N–H and O–H groups in total. The topological polar surface area (TPSA) is 28.7 Å². The predicted octanol–water partition coefficient (Wildman–Crippen LogP) is 3.45. The van der Waals surface area contributed by atoms with Crippen molar-refractivity contribution < 1.29 is 0 Å². The molecule has 3 aromatic rings. The smallest absolute Gasteiger partial charge is 0.197 e. The van der Waals surface area contributed by atoms with Crippen molar-refractivity contribution in [1.29, 1.82) is 0 Å². The van der Waals surface area contributed by atoms with E-state index >= 15 is 0 Å². The van der Waals surface area contributed by atoms with Crippen molar-refractivity contribution in [3.8, 4) is 0 Å². The summed E-state index contributed by atoms with van der Waals surface area (Å²) in [5.74, 6) is 0. The normalized spacial score (nSPS) is 10.9. The van der Waals surface area contributed by atoms with Crippen LogP contribution in [0.1, 0.15) is 0 Å². The summed E-state index contributed by atoms with van der Waals surface area (Å²) >= 11 is 5.00. The van der Waals surface area contributed by atoms with Crippen molar-refractivity contribution in [2.75, 3.05) is 0 Å². The molecule has 0 fully saturated rings. The molecule has 0 aliphatic rings. The van der Waals surface area contributed by atoms with E-state index in [1.807, 2.05) is 12.1 Å². The van der Waals surface area contributed by atoms with Gasteiger partial charge < -0.3 is 4.98 Å². The maximum atomic E-state index is 5.00. The van der Waals surface area contributed by atoms with E-state index in [2.05, 4.69) is 34.2 Å². The molecule has 0 aliphatic heterocycles. The van der Waals surface area contributed by atoms with Crippen LogP contribution in [-0.2, 0) is 0 Å². The Hall–Kier alpha value is -1.74. The highest BCUT2D eigenvalue weighted by atomic mass is 32.1. The maximum absolute atomic E-state index is 5.00. The maximum Gasteiger partial charge on any atom is 0.197 e. The second-order valence-electron chi connectivity index (χ2n) is 3.47. The molecule has 1 aromatic heterocycles. The number of nitrogens with one attached hydrogen (secondary N) is 1. The monoisotopic (exact) mass is 212 g/mol. The molecule has 1 heterocycles. The van der Waals surface area contributed by atoms with Gasteiger partial charge in [0.1, 0.15) is 0 Å². The van der Waals surface area contributed by atoms with Crippen molar-refractivity contribution >= 4 is 33.9 Å². The van der Waals surface area contributed by atoms with Gasteiger partial charge in [0.05, 0.1) is 0 Å². The molecule has 0 amide bonds. The summed E-state index contributed by atoms with van der Waals surface area (Å²) in [6.45, 7) is 0. The number of aromatic amines is 1. The number of hydrogen-bond acceptors (Lipinski definition) is 2. The Morgan fingerprint density at radius 2 is 1.73 bits per heavy atom. The fraction of sp³-hybridized carbons (Fsp3) is 0. The van der Waals surface area contributed by atoms with Gasteiger partial charge in [0, 0.05) is 17.1 Å². The van der Waals surface area contributed by atoms with E-state index in [0.717, 1.165) is 10.9 Å². The summed E-state index contributed by atoms with van der Waals surface area (Å²) in [6.07, 6.45) is 1.81. The summed E-state index contributed by atoms with van der Waals surface area (Å²) < 4.78 is 0.526. The molecule has 0 atom stereocenters. The van der Waals surface area contributed by atoms with E-state index in [1.165, 1.54) is 10.8 Å². The van der Waals surface area contributed by atoms with Gasteiger partial charge in [-0.2, -0.15) is 0 Å². The van der Waals surface area contributed by atoms with E-state index in [4.69, 9.17) is 12.2 Å². The molecular weight excluding hydrogens is 204 g/mol. The van der Waals surface area contributed by atoms with Crippen LogP contribution in [0, 0.1) is 4.77 Å². The summed E-state index contributed by atoms with van der Waals surface area (Å²) in [4.78, 5) is 7.16. The minimum absolute atomic E-state index is 0.526. The van der Waals surface area contributed by atoms with Crippen LogP contribution in [0.2, 0.25) is 0 Å². The molecular formula is C12H8N2S. The third-order valence-corrected chi connectivity index (χ3v) is 2.69. The molecule has 2 aromatic carbocycles. The van der Waals surface area contributed by atoms with Gasteiger partial charge in [-0.05, 0) is 35.1 Å². The van der Waals surface area contributed by atoms with Crippen LogP contribution in [0.3, 0.4) is 0 Å². The quantitative estimate of drug-likeness (QED) is 0.456. The van der Waals surface area contributed by atoms with Gasteiger partial charge >= 0.3 is 0 Å². The molecule has 72 valence electrons. The number of aromatic nitrogens is 2. The molecule has 0 spiro atoms. The molecule has 0 unspecified atom stereocenters. The van der Waals surface area contributed by atoms with Gasteiger partial charge in [-0.15, -0.1) is 0 Å². The van der Waals surface area contributed by atoms with Crippen LogP contribution in [-0.4, -0.2) is 9.97 Å². The zero-order valence-electron chi connectivity index (χ0n) is 7.90. The van der Waals surface area contributed by atoms with Crippen molar-refractivity contribution in [3.05, 3.63) is 47.4 Å². The molecule has 15 heavy (non-hydrogen) atoms. The lowest BCUT2D eigenvalue weighted by atomic mass is 10.1. The third-order valence-electron chi connectivity index (χ3n) is 2.48. The molecule has 3 rings (SSSR count). The lowest BCUT2D eigenvalue weighted by Gasteiger charge is -2.01. The summed E-state index contributed by atoms with van der Waals surface area (Å²) in [5.41, 5.74) is 1.04. The average molecular weight is 212 g/mol. The van der Waals surface area contributed by atoms with Gasteiger partial charge in [-0.25, -0.2) is 4.98 Å². The first-order chi connectivity index (χ1) is 7.33. The van der Waals surface area contributed by atoms with Crippen molar-refractivity contribution in [2.45, 2.75) is 0 Å². The highest BCUT2D eigenvalue weighted by Gasteiger charge is 1.97. The van der Waals surface area contributed by atoms with Crippen molar-refractivity contribution in [2.24, 2.45) is 0 Å². The van der Waals surface area contributed by atoms with Crippen LogP contribution >= 0.6 is 12.2 Å². The Labute approximate surface area is 91.6 Å². The SMILES string of the molecule is S=c1ncc2cc3ccccc3cc2[nH]1. The fourth-order valence-corrected chi connectivity index (χ4v) is 1.91. The third kappa shape index (κ3) is 1.41. The standard InChI is InChI=1S/C12H8N2S/c15-12-13-7-10-5-8-3-1-2-4-9(8)6-11(10)14-12/h1-7H,(H,13,14,15). The van der Waals surface area contributed by atoms with Crippen LogP contribution < -0.4 is 0 Å². The van der Waals surface area contributed by atoms with Crippen LogP contribution in [0.4, 0.5) is 0 Å². The van der Waals surface area contributed by atoms with Gasteiger partial charge in [0.25, 0.3) is 0 Å². The Morgan fingerprint density at radius 1 is 1.00 bits per heavy atom. The number of H-pyrrole nitrogens is 1. The number of fused-ring (bicyclic) bond motifs is 2. The molecule has 0 saturated heterocycles. The lowest BCUT2D eigenvalue weighted by molar-refractivity contribution is 1.19. The Kier molecular flexibility index (Phi) is 1.79. The first kappa shape index (κ1) is 8.56. The number of hydrogen-bond donors (Lipinski definition) is 1. The Morgan fingerprint density at radius 3 is 2.53 bits per heavy atom. The van der Waals surface area contributed by atoms with Gasteiger partial charge in [0.15, 0.2) is 4.77 Å². The minimum Gasteiger partial charge on any atom is -0.330 e. The molecule has 0 radical (unpaired) electrons. The molecule has 0 aliphatic carbocycles. The average Bonchev–Trinajstić information content (AvgIpc) is 2.26. The minimum atomic E-state index is 0.526. The van der Waals surface area contributed by atoms with Crippen LogP contribution in [0.25, 0.3) is 21.7 Å². The van der Waals surface area contributed by atoms with E-state index in [1.54, 1.807) is 6.20 Å². The molecule has 3 heteroatoms. The second kappa shape index (κ2) is 3.14. The predicted molar refractivity (Wildman–Crippen MR) is 64.4 cm³/mol. The van der Waals surface area contributed by atoms with E-state index in [-0.39, 0.29) is 0 Å². The van der Waals surface area contributed by atoms with Crippen molar-refractivity contribution in [3.63, 3.8) is 0 Å². The number of rotatable bonds is 0. The summed E-state index contributed by atoms with van der Waals surface area (Å²) in [5, 5.41) is 3.52. The first-order valence-electron chi connectivity index (χ1n) is 4.71. The summed E-state index contributed by atoms with van der Waals surface area (Å²) in [6, 6.07) is 12.5. The zero-order chi connectivity index (χ0) is 10.3. The van der Waals surface area contributed by atoms with E-state index in [0.29, 0.717) is 4.77 Å². The fourth-order valence-electron chi connectivity index (χ4n) is 1.75. The highest BCUT2D eigenvalue weighted by molar-refractivity contribution is 7.71. The van der Waals surface area contributed by atoms with Crippen LogP contribution in [0.5, 0.6) is 0 Å². The molecule has 2 nitrogen and oxygen atoms in total. The largest absolute Gasteiger partial charge is 0.330 e. The molecule has 0 saturated carbocycles. The van der Waals surface area contributed by atoms with Crippen molar-refractivity contribution in [1.82, 2.24) is 9.97 Å². The first-order valence-corrected chi connectivity index (χ1v) is 5.11. The summed E-state index contributed by atoms with van der Waals surface area (Å²) in [7, 11) is 0. The van der Waals surface area contributed by atoms with Gasteiger partial charge in [-0.1, -0.05) is 24.3 Å². The van der Waals surface area contributed by atoms with E-state index in [9.17, 15) is 0 Å². The van der Waals surface area contributed by atoms with Gasteiger partial charge in [-0.3, -0.25) is 0 Å². The number of nitrogens with zero attached hydrogens (tertiary/aromatic N) is 1. The highest BCUT2D eigenvalue weighted by Crippen LogP contribution is 2.20. The Bertz CT molecular complexity index is 700. The van der Waals surface area contributed by atoms with E-state index < -0.39 is 0 Å². The molecule has 0 bridgehead atoms.